The summed E-state index contributed by atoms with van der Waals surface area (Å²) in [5.74, 6) is -1.31. The van der Waals surface area contributed by atoms with Crippen molar-refractivity contribution in [2.45, 2.75) is 31.2 Å². The summed E-state index contributed by atoms with van der Waals surface area (Å²) in [7, 11) is 0. The van der Waals surface area contributed by atoms with Gasteiger partial charge in [-0.05, 0) is 48.2 Å². The maximum atomic E-state index is 13.5. The van der Waals surface area contributed by atoms with Crippen LogP contribution in [0.2, 0.25) is 0 Å². The van der Waals surface area contributed by atoms with Crippen LogP contribution in [0.5, 0.6) is 0 Å². The number of benzene rings is 1. The highest BCUT2D eigenvalue weighted by molar-refractivity contribution is 6.01. The second-order valence-electron chi connectivity index (χ2n) is 6.51. The molecule has 6 heteroatoms. The molecule has 0 saturated carbocycles. The van der Waals surface area contributed by atoms with Crippen molar-refractivity contribution in [2.75, 3.05) is 11.9 Å². The van der Waals surface area contributed by atoms with Crippen LogP contribution in [0.4, 0.5) is 10.1 Å². The minimum Gasteiger partial charge on any atom is -0.335 e. The van der Waals surface area contributed by atoms with Crippen molar-refractivity contribution in [3.05, 3.63) is 59.7 Å². The van der Waals surface area contributed by atoms with E-state index in [1.807, 2.05) is 17.0 Å². The van der Waals surface area contributed by atoms with Crippen molar-refractivity contribution in [3.8, 4) is 0 Å². The van der Waals surface area contributed by atoms with E-state index in [4.69, 9.17) is 0 Å². The summed E-state index contributed by atoms with van der Waals surface area (Å²) < 4.78 is 13.5. The standard InChI is InChI=1S/C19H18FN3O2/c20-13-3-4-14-15(11-18(24)22-16(14)10-13)19(25)23-9-1-2-17(23)12-5-7-21-8-6-12/h3-8,10,15,17H,1-2,9,11H2,(H,22,24)/t15-,17+/m1/s1. The first-order valence-corrected chi connectivity index (χ1v) is 8.43. The quantitative estimate of drug-likeness (QED) is 0.915. The lowest BCUT2D eigenvalue weighted by Crippen LogP contribution is -2.38. The molecule has 0 spiro atoms. The third-order valence-corrected chi connectivity index (χ3v) is 4.98. The summed E-state index contributed by atoms with van der Waals surface area (Å²) in [5, 5.41) is 2.66. The van der Waals surface area contributed by atoms with Crippen LogP contribution in [0.1, 0.15) is 42.3 Å². The summed E-state index contributed by atoms with van der Waals surface area (Å²) in [6.07, 6.45) is 5.36. The van der Waals surface area contributed by atoms with Gasteiger partial charge in [0.2, 0.25) is 11.8 Å². The summed E-state index contributed by atoms with van der Waals surface area (Å²) in [6.45, 7) is 0.667. The number of hydrogen-bond acceptors (Lipinski definition) is 3. The van der Waals surface area contributed by atoms with Crippen LogP contribution in [-0.4, -0.2) is 28.2 Å². The van der Waals surface area contributed by atoms with Crippen LogP contribution < -0.4 is 5.32 Å². The van der Waals surface area contributed by atoms with E-state index in [1.165, 1.54) is 12.1 Å². The Balaban J connectivity index is 1.66. The van der Waals surface area contributed by atoms with Gasteiger partial charge in [0.05, 0.1) is 12.0 Å². The minimum absolute atomic E-state index is 0.00406. The number of nitrogens with zero attached hydrogens (tertiary/aromatic N) is 2. The van der Waals surface area contributed by atoms with Gasteiger partial charge >= 0.3 is 0 Å². The molecule has 2 aliphatic heterocycles. The summed E-state index contributed by atoms with van der Waals surface area (Å²) in [6, 6.07) is 8.06. The third kappa shape index (κ3) is 2.88. The van der Waals surface area contributed by atoms with Crippen LogP contribution in [0.3, 0.4) is 0 Å². The van der Waals surface area contributed by atoms with Gasteiger partial charge in [0.25, 0.3) is 0 Å². The monoisotopic (exact) mass is 339 g/mol. The van der Waals surface area contributed by atoms with E-state index >= 15 is 0 Å². The predicted octanol–water partition coefficient (Wildman–Crippen LogP) is 3.01. The van der Waals surface area contributed by atoms with Gasteiger partial charge < -0.3 is 10.2 Å². The smallest absolute Gasteiger partial charge is 0.231 e. The van der Waals surface area contributed by atoms with E-state index < -0.39 is 11.7 Å². The lowest BCUT2D eigenvalue weighted by molar-refractivity contribution is -0.135. The topological polar surface area (TPSA) is 62.3 Å². The van der Waals surface area contributed by atoms with E-state index in [1.54, 1.807) is 18.5 Å². The Kier molecular flexibility index (Phi) is 3.95. The van der Waals surface area contributed by atoms with Crippen LogP contribution >= 0.6 is 0 Å². The Hall–Kier alpha value is -2.76. The fourth-order valence-electron chi connectivity index (χ4n) is 3.82. The fourth-order valence-corrected chi connectivity index (χ4v) is 3.82. The number of halogens is 1. The van der Waals surface area contributed by atoms with Crippen molar-refractivity contribution >= 4 is 17.5 Å². The lowest BCUT2D eigenvalue weighted by atomic mass is 9.88. The van der Waals surface area contributed by atoms with Gasteiger partial charge in [-0.3, -0.25) is 14.6 Å². The molecule has 0 bridgehead atoms. The van der Waals surface area contributed by atoms with Crippen molar-refractivity contribution in [1.29, 1.82) is 0 Å². The van der Waals surface area contributed by atoms with Gasteiger partial charge in [-0.25, -0.2) is 4.39 Å². The molecule has 5 nitrogen and oxygen atoms in total. The van der Waals surface area contributed by atoms with Crippen molar-refractivity contribution in [2.24, 2.45) is 0 Å². The van der Waals surface area contributed by atoms with Crippen molar-refractivity contribution in [1.82, 2.24) is 9.88 Å². The maximum absolute atomic E-state index is 13.5. The Morgan fingerprint density at radius 3 is 2.84 bits per heavy atom. The lowest BCUT2D eigenvalue weighted by Gasteiger charge is -2.32. The molecule has 128 valence electrons. The SMILES string of the molecule is O=C1C[C@@H](C(=O)N2CCC[C@H]2c2ccncc2)c2ccc(F)cc2N1. The number of fused-ring (bicyclic) bond motifs is 1. The average molecular weight is 339 g/mol. The molecule has 3 heterocycles. The predicted molar refractivity (Wildman–Crippen MR) is 90.3 cm³/mol. The molecule has 25 heavy (non-hydrogen) atoms. The minimum atomic E-state index is -0.563. The summed E-state index contributed by atoms with van der Waals surface area (Å²) >= 11 is 0. The van der Waals surface area contributed by atoms with E-state index in [9.17, 15) is 14.0 Å². The highest BCUT2D eigenvalue weighted by Crippen LogP contribution is 2.39. The Labute approximate surface area is 144 Å². The van der Waals surface area contributed by atoms with Gasteiger partial charge in [-0.1, -0.05) is 6.07 Å². The zero-order chi connectivity index (χ0) is 17.4. The molecule has 1 aromatic heterocycles. The number of aromatic nitrogens is 1. The molecule has 2 aliphatic rings. The molecule has 0 radical (unpaired) electrons. The number of pyridine rings is 1. The van der Waals surface area contributed by atoms with E-state index in [0.29, 0.717) is 17.8 Å². The molecule has 1 N–H and O–H groups in total. The van der Waals surface area contributed by atoms with Gasteiger partial charge in [-0.2, -0.15) is 0 Å². The molecule has 1 aromatic carbocycles. The number of amides is 2. The molecule has 2 amide bonds. The van der Waals surface area contributed by atoms with Gasteiger partial charge in [0.1, 0.15) is 5.82 Å². The number of rotatable bonds is 2. The van der Waals surface area contributed by atoms with Crippen LogP contribution in [0.25, 0.3) is 0 Å². The van der Waals surface area contributed by atoms with Crippen molar-refractivity contribution < 1.29 is 14.0 Å². The van der Waals surface area contributed by atoms with Gasteiger partial charge in [0.15, 0.2) is 0 Å². The number of nitrogens with one attached hydrogen (secondary N) is 1. The highest BCUT2D eigenvalue weighted by Gasteiger charge is 2.38. The van der Waals surface area contributed by atoms with Gasteiger partial charge in [-0.15, -0.1) is 0 Å². The zero-order valence-electron chi connectivity index (χ0n) is 13.6. The van der Waals surface area contributed by atoms with Crippen LogP contribution in [-0.2, 0) is 9.59 Å². The first-order chi connectivity index (χ1) is 12.1. The molecule has 4 rings (SSSR count). The molecule has 1 saturated heterocycles. The molecule has 0 unspecified atom stereocenters. The third-order valence-electron chi connectivity index (χ3n) is 4.98. The first-order valence-electron chi connectivity index (χ1n) is 8.43. The second-order valence-corrected chi connectivity index (χ2v) is 6.51. The number of anilines is 1. The Bertz CT molecular complexity index is 825. The molecule has 2 aromatic rings. The van der Waals surface area contributed by atoms with E-state index in [-0.39, 0.29) is 24.3 Å². The molecular weight excluding hydrogens is 321 g/mol. The Morgan fingerprint density at radius 1 is 1.24 bits per heavy atom. The summed E-state index contributed by atoms with van der Waals surface area (Å²) in [4.78, 5) is 31.1. The largest absolute Gasteiger partial charge is 0.335 e. The number of carbonyl (C=O) groups is 2. The molecular formula is C19H18FN3O2. The molecule has 2 atom stereocenters. The highest BCUT2D eigenvalue weighted by atomic mass is 19.1. The number of carbonyl (C=O) groups excluding carboxylic acids is 2. The molecule has 1 fully saturated rings. The maximum Gasteiger partial charge on any atom is 0.231 e. The first kappa shape index (κ1) is 15.7. The number of likely N-dealkylation sites (tertiary alicyclic amines) is 1. The summed E-state index contributed by atoms with van der Waals surface area (Å²) in [5.41, 5.74) is 2.14. The van der Waals surface area contributed by atoms with Crippen LogP contribution in [0, 0.1) is 5.82 Å². The fraction of sp³-hybridized carbons (Fsp3) is 0.316. The number of hydrogen-bond donors (Lipinski definition) is 1. The second kappa shape index (κ2) is 6.27. The molecule has 0 aliphatic carbocycles. The normalized spacial score (nSPS) is 22.4. The Morgan fingerprint density at radius 2 is 2.04 bits per heavy atom. The van der Waals surface area contributed by atoms with E-state index in [0.717, 1.165) is 18.4 Å². The zero-order valence-corrected chi connectivity index (χ0v) is 13.6. The van der Waals surface area contributed by atoms with Crippen molar-refractivity contribution in [3.63, 3.8) is 0 Å². The average Bonchev–Trinajstić information content (AvgIpc) is 3.10. The van der Waals surface area contributed by atoms with Crippen LogP contribution in [0.15, 0.2) is 42.7 Å². The van der Waals surface area contributed by atoms with E-state index in [2.05, 4.69) is 10.3 Å². The van der Waals surface area contributed by atoms with Gasteiger partial charge in [0, 0.05) is 31.0 Å².